The third-order valence-electron chi connectivity index (χ3n) is 2.32. The van der Waals surface area contributed by atoms with Crippen LogP contribution in [0.1, 0.15) is 12.3 Å². The molecule has 14 heavy (non-hydrogen) atoms. The minimum atomic E-state index is 0.258. The fourth-order valence-corrected chi connectivity index (χ4v) is 1.63. The van der Waals surface area contributed by atoms with E-state index in [1.165, 1.54) is 0 Å². The molecule has 0 spiro atoms. The van der Waals surface area contributed by atoms with Gasteiger partial charge in [-0.15, -0.1) is 16.7 Å². The van der Waals surface area contributed by atoms with Crippen LogP contribution in [-0.4, -0.2) is 36.5 Å². The summed E-state index contributed by atoms with van der Waals surface area (Å²) >= 11 is 5.56. The Hall–Kier alpha value is -0.810. The predicted molar refractivity (Wildman–Crippen MR) is 51.5 cm³/mol. The fourth-order valence-electron chi connectivity index (χ4n) is 1.52. The lowest BCUT2D eigenvalue weighted by Gasteiger charge is -2.11. The van der Waals surface area contributed by atoms with E-state index in [0.29, 0.717) is 11.9 Å². The first-order valence-electron chi connectivity index (χ1n) is 4.49. The molecule has 6 heteroatoms. The number of alkyl halides is 1. The Balaban J connectivity index is 2.02. The minimum absolute atomic E-state index is 0.258. The largest absolute Gasteiger partial charge is 0.407 e. The second-order valence-electron chi connectivity index (χ2n) is 3.20. The van der Waals surface area contributed by atoms with Crippen molar-refractivity contribution in [2.75, 3.05) is 25.1 Å². The van der Waals surface area contributed by atoms with E-state index in [1.807, 2.05) is 4.90 Å². The third-order valence-corrected chi connectivity index (χ3v) is 2.55. The summed E-state index contributed by atoms with van der Waals surface area (Å²) < 4.78 is 10.6. The van der Waals surface area contributed by atoms with Crippen LogP contribution in [0.5, 0.6) is 0 Å². The molecule has 0 N–H and O–H groups in total. The lowest BCUT2D eigenvalue weighted by atomic mass is 10.3. The molecule has 0 aromatic carbocycles. The average molecular weight is 218 g/mol. The molecule has 0 saturated carbocycles. The highest BCUT2D eigenvalue weighted by Crippen LogP contribution is 2.20. The zero-order chi connectivity index (χ0) is 9.97. The van der Waals surface area contributed by atoms with Crippen molar-refractivity contribution in [1.82, 2.24) is 10.2 Å². The van der Waals surface area contributed by atoms with Crippen LogP contribution >= 0.6 is 11.6 Å². The number of anilines is 1. The van der Waals surface area contributed by atoms with Crippen molar-refractivity contribution in [1.29, 1.82) is 0 Å². The van der Waals surface area contributed by atoms with E-state index in [1.54, 1.807) is 7.11 Å². The predicted octanol–water partition coefficient (Wildman–Crippen LogP) is 1.03. The highest BCUT2D eigenvalue weighted by Gasteiger charge is 2.25. The van der Waals surface area contributed by atoms with Gasteiger partial charge in [-0.25, -0.2) is 0 Å². The lowest BCUT2D eigenvalue weighted by molar-refractivity contribution is 0.121. The molecule has 0 aliphatic carbocycles. The first kappa shape index (κ1) is 9.73. The molecule has 1 saturated heterocycles. The summed E-state index contributed by atoms with van der Waals surface area (Å²) in [5.41, 5.74) is 0. The average Bonchev–Trinajstić information content (AvgIpc) is 2.86. The smallest absolute Gasteiger partial charge is 0.318 e. The van der Waals surface area contributed by atoms with Gasteiger partial charge in [-0.2, -0.15) is 0 Å². The first-order valence-corrected chi connectivity index (χ1v) is 5.03. The summed E-state index contributed by atoms with van der Waals surface area (Å²) in [6.45, 7) is 1.70. The Morgan fingerprint density at radius 3 is 3.07 bits per heavy atom. The van der Waals surface area contributed by atoms with Crippen LogP contribution in [-0.2, 0) is 10.6 Å². The second-order valence-corrected chi connectivity index (χ2v) is 3.47. The van der Waals surface area contributed by atoms with Crippen molar-refractivity contribution in [3.05, 3.63) is 5.89 Å². The minimum Gasteiger partial charge on any atom is -0.407 e. The van der Waals surface area contributed by atoms with Gasteiger partial charge in [-0.3, -0.25) is 0 Å². The van der Waals surface area contributed by atoms with Crippen molar-refractivity contribution in [2.24, 2.45) is 0 Å². The van der Waals surface area contributed by atoms with Gasteiger partial charge in [0.1, 0.15) is 5.88 Å². The third kappa shape index (κ3) is 1.83. The van der Waals surface area contributed by atoms with Gasteiger partial charge in [-0.05, 0) is 6.42 Å². The molecule has 2 rings (SSSR count). The van der Waals surface area contributed by atoms with Crippen molar-refractivity contribution in [3.8, 4) is 0 Å². The Labute approximate surface area is 87.0 Å². The van der Waals surface area contributed by atoms with Gasteiger partial charge in [-0.1, -0.05) is 5.10 Å². The Morgan fingerprint density at radius 2 is 2.50 bits per heavy atom. The Bertz CT molecular complexity index is 305. The SMILES string of the molecule is COC1CCN(c2nnc(CCl)o2)C1. The van der Waals surface area contributed by atoms with Gasteiger partial charge in [0.15, 0.2) is 0 Å². The molecular formula is C8H12ClN3O2. The van der Waals surface area contributed by atoms with E-state index in [-0.39, 0.29) is 12.0 Å². The van der Waals surface area contributed by atoms with Crippen LogP contribution < -0.4 is 4.90 Å². The number of aromatic nitrogens is 2. The van der Waals surface area contributed by atoms with Gasteiger partial charge >= 0.3 is 6.01 Å². The standard InChI is InChI=1S/C8H12ClN3O2/c1-13-6-2-3-12(5-6)8-11-10-7(4-9)14-8/h6H,2-5H2,1H3. The van der Waals surface area contributed by atoms with E-state index in [9.17, 15) is 0 Å². The maximum atomic E-state index is 5.56. The number of ether oxygens (including phenoxy) is 1. The van der Waals surface area contributed by atoms with Gasteiger partial charge < -0.3 is 14.1 Å². The zero-order valence-electron chi connectivity index (χ0n) is 7.94. The van der Waals surface area contributed by atoms with Crippen LogP contribution in [0.15, 0.2) is 4.42 Å². The molecular weight excluding hydrogens is 206 g/mol. The van der Waals surface area contributed by atoms with Crippen molar-refractivity contribution in [2.45, 2.75) is 18.4 Å². The molecule has 1 aromatic heterocycles. The lowest BCUT2D eigenvalue weighted by Crippen LogP contribution is -2.22. The highest BCUT2D eigenvalue weighted by molar-refractivity contribution is 6.16. The normalized spacial score (nSPS) is 21.9. The van der Waals surface area contributed by atoms with Gasteiger partial charge in [0.2, 0.25) is 5.89 Å². The Morgan fingerprint density at radius 1 is 1.64 bits per heavy atom. The highest BCUT2D eigenvalue weighted by atomic mass is 35.5. The first-order chi connectivity index (χ1) is 6.83. The molecule has 0 bridgehead atoms. The van der Waals surface area contributed by atoms with Crippen molar-refractivity contribution in [3.63, 3.8) is 0 Å². The summed E-state index contributed by atoms with van der Waals surface area (Å²) in [4.78, 5) is 2.01. The van der Waals surface area contributed by atoms with E-state index in [0.717, 1.165) is 19.5 Å². The van der Waals surface area contributed by atoms with Gasteiger partial charge in [0, 0.05) is 20.2 Å². The molecule has 1 aliphatic rings. The molecule has 5 nitrogen and oxygen atoms in total. The van der Waals surface area contributed by atoms with E-state index in [2.05, 4.69) is 10.2 Å². The molecule has 1 unspecified atom stereocenters. The zero-order valence-corrected chi connectivity index (χ0v) is 8.70. The summed E-state index contributed by atoms with van der Waals surface area (Å²) in [5, 5.41) is 7.71. The number of rotatable bonds is 3. The van der Waals surface area contributed by atoms with Crippen LogP contribution in [0.3, 0.4) is 0 Å². The van der Waals surface area contributed by atoms with Gasteiger partial charge in [0.25, 0.3) is 0 Å². The Kier molecular flexibility index (Phi) is 2.88. The maximum Gasteiger partial charge on any atom is 0.318 e. The number of methoxy groups -OCH3 is 1. The summed E-state index contributed by atoms with van der Waals surface area (Å²) in [6.07, 6.45) is 1.26. The van der Waals surface area contributed by atoms with Crippen LogP contribution in [0.2, 0.25) is 0 Å². The van der Waals surface area contributed by atoms with Crippen LogP contribution in [0.4, 0.5) is 6.01 Å². The second kappa shape index (κ2) is 4.14. The molecule has 0 radical (unpaired) electrons. The summed E-state index contributed by atoms with van der Waals surface area (Å²) in [7, 11) is 1.71. The van der Waals surface area contributed by atoms with Gasteiger partial charge in [0.05, 0.1) is 6.10 Å². The van der Waals surface area contributed by atoms with Crippen molar-refractivity contribution < 1.29 is 9.15 Å². The fraction of sp³-hybridized carbons (Fsp3) is 0.750. The molecule has 2 heterocycles. The van der Waals surface area contributed by atoms with E-state index >= 15 is 0 Å². The number of nitrogens with zero attached hydrogens (tertiary/aromatic N) is 3. The van der Waals surface area contributed by atoms with E-state index < -0.39 is 0 Å². The molecule has 1 fully saturated rings. The van der Waals surface area contributed by atoms with Crippen molar-refractivity contribution >= 4 is 17.6 Å². The molecule has 78 valence electrons. The summed E-state index contributed by atoms with van der Waals surface area (Å²) in [5.74, 6) is 0.719. The topological polar surface area (TPSA) is 51.4 Å². The quantitative estimate of drug-likeness (QED) is 0.708. The maximum absolute atomic E-state index is 5.56. The number of hydrogen-bond acceptors (Lipinski definition) is 5. The molecule has 0 amide bonds. The molecule has 1 aromatic rings. The monoisotopic (exact) mass is 217 g/mol. The summed E-state index contributed by atoms with van der Waals surface area (Å²) in [6, 6.07) is 0.542. The number of hydrogen-bond donors (Lipinski definition) is 0. The van der Waals surface area contributed by atoms with E-state index in [4.69, 9.17) is 20.8 Å². The van der Waals surface area contributed by atoms with Crippen LogP contribution in [0.25, 0.3) is 0 Å². The van der Waals surface area contributed by atoms with Crippen LogP contribution in [0, 0.1) is 0 Å². The molecule has 1 atom stereocenters. The number of halogens is 1. The molecule has 1 aliphatic heterocycles.